The molecule has 1 aliphatic heterocycles. The van der Waals surface area contributed by atoms with Crippen LogP contribution in [-0.2, 0) is 17.3 Å². The molecule has 0 fully saturated rings. The van der Waals surface area contributed by atoms with E-state index in [1.54, 1.807) is 6.92 Å². The van der Waals surface area contributed by atoms with Crippen molar-refractivity contribution in [1.29, 1.82) is 0 Å². The third-order valence-corrected chi connectivity index (χ3v) is 3.40. The van der Waals surface area contributed by atoms with Crippen LogP contribution < -0.4 is 4.74 Å². The first kappa shape index (κ1) is 15.3. The Labute approximate surface area is 126 Å². The zero-order valence-electron chi connectivity index (χ0n) is 11.9. The Hall–Kier alpha value is -2.58. The van der Waals surface area contributed by atoms with Gasteiger partial charge in [0.15, 0.2) is 11.6 Å². The van der Waals surface area contributed by atoms with E-state index in [4.69, 9.17) is 4.74 Å². The first-order valence-electron chi connectivity index (χ1n) is 6.48. The lowest BCUT2D eigenvalue weighted by atomic mass is 9.98. The summed E-state index contributed by atoms with van der Waals surface area (Å²) in [5.74, 6) is -3.61. The highest BCUT2D eigenvalue weighted by atomic mass is 19.4. The zero-order valence-corrected chi connectivity index (χ0v) is 11.9. The van der Waals surface area contributed by atoms with Gasteiger partial charge in [-0.1, -0.05) is 12.1 Å². The smallest absolute Gasteiger partial charge is 0.453 e. The quantitative estimate of drug-likeness (QED) is 0.413. The largest absolute Gasteiger partial charge is 0.465 e. The zero-order chi connectivity index (χ0) is 16.9. The van der Waals surface area contributed by atoms with Crippen molar-refractivity contribution in [2.75, 3.05) is 7.11 Å². The van der Waals surface area contributed by atoms with Gasteiger partial charge >= 0.3 is 12.1 Å². The third kappa shape index (κ3) is 2.32. The van der Waals surface area contributed by atoms with Crippen LogP contribution in [0.3, 0.4) is 0 Å². The maximum absolute atomic E-state index is 14.4. The number of carbonyl (C=O) groups excluding carboxylic acids is 1. The third-order valence-electron chi connectivity index (χ3n) is 3.40. The fourth-order valence-corrected chi connectivity index (χ4v) is 2.30. The number of aryl methyl sites for hydroxylation is 1. The van der Waals surface area contributed by atoms with Gasteiger partial charge in [0, 0.05) is 5.56 Å². The van der Waals surface area contributed by atoms with E-state index in [2.05, 4.69) is 14.4 Å². The molecule has 2 heterocycles. The summed E-state index contributed by atoms with van der Waals surface area (Å²) >= 11 is 0. The maximum Gasteiger partial charge on any atom is 0.453 e. The first-order valence-corrected chi connectivity index (χ1v) is 6.48. The molecule has 0 saturated heterocycles. The number of rotatable bonds is 3. The summed E-state index contributed by atoms with van der Waals surface area (Å²) < 4.78 is 66.9. The molecule has 0 radical (unpaired) electrons. The lowest BCUT2D eigenvalue weighted by Crippen LogP contribution is -2.13. The van der Waals surface area contributed by atoms with E-state index in [9.17, 15) is 22.4 Å². The molecule has 0 bridgehead atoms. The molecule has 0 atom stereocenters. The van der Waals surface area contributed by atoms with E-state index in [0.29, 0.717) is 11.3 Å². The summed E-state index contributed by atoms with van der Waals surface area (Å²) in [7, 11) is 0.909. The molecule has 0 amide bonds. The standard InChI is InChI=1S/C14H9F4NO4/c1-3-5-4-6-11(22-6)9(15)7(5)10-8(13(20)21-2)12(23-19-10)14(16,17)18/h4H,3H2,1-2H3. The predicted molar refractivity (Wildman–Crippen MR) is 67.7 cm³/mol. The van der Waals surface area contributed by atoms with Crippen LogP contribution in [0.5, 0.6) is 11.5 Å². The van der Waals surface area contributed by atoms with Crippen LogP contribution in [0.1, 0.15) is 28.6 Å². The molecule has 0 spiro atoms. The number of methoxy groups -OCH3 is 1. The second-order valence-electron chi connectivity index (χ2n) is 4.73. The molecule has 1 aliphatic rings. The van der Waals surface area contributed by atoms with Crippen molar-refractivity contribution in [2.24, 2.45) is 0 Å². The fourth-order valence-electron chi connectivity index (χ4n) is 2.30. The molecule has 23 heavy (non-hydrogen) atoms. The number of hydrogen-bond acceptors (Lipinski definition) is 5. The Morgan fingerprint density at radius 1 is 1.39 bits per heavy atom. The summed E-state index contributed by atoms with van der Waals surface area (Å²) in [6.07, 6.45) is -4.69. The Balaban J connectivity index is 2.29. The van der Waals surface area contributed by atoms with E-state index >= 15 is 0 Å². The summed E-state index contributed by atoms with van der Waals surface area (Å²) in [5, 5.41) is 3.26. The number of hydrogen-bond donors (Lipinski definition) is 0. The van der Waals surface area contributed by atoms with E-state index in [1.165, 1.54) is 6.07 Å². The number of halogens is 4. The van der Waals surface area contributed by atoms with Gasteiger partial charge in [0.2, 0.25) is 5.75 Å². The average Bonchev–Trinajstić information content (AvgIpc) is 3.14. The lowest BCUT2D eigenvalue weighted by Gasteiger charge is -2.07. The molecule has 2 aromatic rings. The Morgan fingerprint density at radius 3 is 2.65 bits per heavy atom. The van der Waals surface area contributed by atoms with E-state index in [-0.39, 0.29) is 17.7 Å². The van der Waals surface area contributed by atoms with Gasteiger partial charge in [0.1, 0.15) is 11.3 Å². The Kier molecular flexibility index (Phi) is 3.31. The molecule has 0 unspecified atom stereocenters. The molecule has 3 rings (SSSR count). The van der Waals surface area contributed by atoms with Crippen molar-refractivity contribution >= 4 is 5.97 Å². The van der Waals surface area contributed by atoms with E-state index in [0.717, 1.165) is 7.11 Å². The highest BCUT2D eigenvalue weighted by molar-refractivity contribution is 5.98. The molecular formula is C14H9F4NO4. The Bertz CT molecular complexity index is 810. The summed E-state index contributed by atoms with van der Waals surface area (Å²) in [6.45, 7) is 1.68. The average molecular weight is 331 g/mol. The lowest BCUT2D eigenvalue weighted by molar-refractivity contribution is -0.156. The number of aromatic nitrogens is 1. The molecular weight excluding hydrogens is 322 g/mol. The molecule has 122 valence electrons. The van der Waals surface area contributed by atoms with E-state index < -0.39 is 35.0 Å². The summed E-state index contributed by atoms with van der Waals surface area (Å²) in [5.41, 5.74) is -1.44. The van der Waals surface area contributed by atoms with Crippen LogP contribution >= 0.6 is 0 Å². The van der Waals surface area contributed by atoms with Crippen LogP contribution in [0, 0.1) is 5.82 Å². The van der Waals surface area contributed by atoms with Crippen molar-refractivity contribution in [2.45, 2.75) is 19.5 Å². The predicted octanol–water partition coefficient (Wildman–Crippen LogP) is 3.95. The number of ether oxygens (including phenoxy) is 2. The van der Waals surface area contributed by atoms with Gasteiger partial charge in [-0.05, 0) is 18.1 Å². The number of alkyl halides is 3. The molecule has 1 aromatic carbocycles. The first-order chi connectivity index (χ1) is 10.8. The van der Waals surface area contributed by atoms with Gasteiger partial charge < -0.3 is 14.0 Å². The minimum Gasteiger partial charge on any atom is -0.465 e. The molecule has 0 N–H and O–H groups in total. The van der Waals surface area contributed by atoms with Crippen LogP contribution in [0.25, 0.3) is 11.3 Å². The maximum atomic E-state index is 14.4. The number of fused-ring (bicyclic) bond motifs is 1. The highest BCUT2D eigenvalue weighted by Gasteiger charge is 2.45. The molecule has 9 heteroatoms. The molecule has 0 aliphatic carbocycles. The van der Waals surface area contributed by atoms with Gasteiger partial charge in [0.05, 0.1) is 7.11 Å². The minimum atomic E-state index is -4.98. The van der Waals surface area contributed by atoms with Gasteiger partial charge in [0.25, 0.3) is 5.76 Å². The van der Waals surface area contributed by atoms with Gasteiger partial charge in [-0.2, -0.15) is 13.2 Å². The topological polar surface area (TPSA) is 64.9 Å². The monoisotopic (exact) mass is 331 g/mol. The molecule has 0 saturated carbocycles. The van der Waals surface area contributed by atoms with Gasteiger partial charge in [-0.25, -0.2) is 9.18 Å². The van der Waals surface area contributed by atoms with E-state index in [1.807, 2.05) is 0 Å². The Morgan fingerprint density at radius 2 is 2.09 bits per heavy atom. The summed E-state index contributed by atoms with van der Waals surface area (Å²) in [4.78, 5) is 11.8. The SMILES string of the molecule is CCc1cc2c(c(F)c1-c1noc(C(F)(F)F)c1C(=O)OC)O2. The molecule has 5 nitrogen and oxygen atoms in total. The summed E-state index contributed by atoms with van der Waals surface area (Å²) in [6, 6.07) is 1.48. The van der Waals surface area contributed by atoms with Crippen molar-refractivity contribution < 1.29 is 36.4 Å². The van der Waals surface area contributed by atoms with Crippen molar-refractivity contribution in [3.05, 3.63) is 28.8 Å². The van der Waals surface area contributed by atoms with Gasteiger partial charge in [-0.15, -0.1) is 0 Å². The number of benzene rings is 1. The highest BCUT2D eigenvalue weighted by Crippen LogP contribution is 2.52. The normalized spacial score (nSPS) is 12.6. The number of nitrogens with zero attached hydrogens (tertiary/aromatic N) is 1. The van der Waals surface area contributed by atoms with Crippen molar-refractivity contribution in [3.63, 3.8) is 0 Å². The van der Waals surface area contributed by atoms with Crippen LogP contribution in [0.15, 0.2) is 10.6 Å². The second-order valence-corrected chi connectivity index (χ2v) is 4.73. The number of esters is 1. The second kappa shape index (κ2) is 4.97. The van der Waals surface area contributed by atoms with Crippen LogP contribution in [0.4, 0.5) is 17.6 Å². The van der Waals surface area contributed by atoms with Crippen molar-refractivity contribution in [1.82, 2.24) is 5.16 Å². The van der Waals surface area contributed by atoms with Crippen LogP contribution in [-0.4, -0.2) is 18.2 Å². The molecule has 1 aromatic heterocycles. The van der Waals surface area contributed by atoms with Crippen LogP contribution in [0.2, 0.25) is 0 Å². The minimum absolute atomic E-state index is 0.0791. The number of carbonyl (C=O) groups is 1. The van der Waals surface area contributed by atoms with Crippen molar-refractivity contribution in [3.8, 4) is 22.8 Å². The fraction of sp³-hybridized carbons (Fsp3) is 0.286. The van der Waals surface area contributed by atoms with Gasteiger partial charge in [-0.3, -0.25) is 0 Å².